The number of hydrogen-bond acceptors (Lipinski definition) is 9. The molecule has 1 aliphatic heterocycles. The van der Waals surface area contributed by atoms with Gasteiger partial charge in [-0.1, -0.05) is 6.07 Å². The normalized spacial score (nSPS) is 20.6. The minimum Gasteiger partial charge on any atom is -0.480 e. The van der Waals surface area contributed by atoms with Gasteiger partial charge in [0, 0.05) is 44.7 Å². The first-order chi connectivity index (χ1) is 21.4. The van der Waals surface area contributed by atoms with E-state index in [2.05, 4.69) is 4.98 Å². The summed E-state index contributed by atoms with van der Waals surface area (Å²) in [5, 5.41) is 8.91. The molecule has 0 aliphatic carbocycles. The number of carboxylic acids is 1. The molecule has 46 heavy (non-hydrogen) atoms. The van der Waals surface area contributed by atoms with Gasteiger partial charge in [0.1, 0.15) is 17.0 Å². The van der Waals surface area contributed by atoms with E-state index >= 15 is 0 Å². The fraction of sp³-hybridized carbons (Fsp3) is 0.576. The largest absolute Gasteiger partial charge is 0.480 e. The molecule has 1 aromatic carbocycles. The second-order valence-electron chi connectivity index (χ2n) is 13.5. The van der Waals surface area contributed by atoms with Gasteiger partial charge in [0.25, 0.3) is 0 Å². The summed E-state index contributed by atoms with van der Waals surface area (Å²) in [6.07, 6.45) is 1.93. The Kier molecular flexibility index (Phi) is 12.1. The van der Waals surface area contributed by atoms with Gasteiger partial charge in [-0.25, -0.2) is 18.9 Å². The van der Waals surface area contributed by atoms with Gasteiger partial charge >= 0.3 is 18.2 Å². The van der Waals surface area contributed by atoms with Crippen molar-refractivity contribution in [2.45, 2.75) is 90.6 Å². The lowest BCUT2D eigenvalue weighted by Crippen LogP contribution is -2.54. The number of amides is 2. The van der Waals surface area contributed by atoms with Crippen LogP contribution in [0.25, 0.3) is 11.1 Å². The van der Waals surface area contributed by atoms with Crippen molar-refractivity contribution in [1.82, 2.24) is 14.8 Å². The van der Waals surface area contributed by atoms with Crippen LogP contribution < -0.4 is 0 Å². The van der Waals surface area contributed by atoms with E-state index in [0.29, 0.717) is 18.7 Å². The van der Waals surface area contributed by atoms with Crippen LogP contribution in [0, 0.1) is 5.82 Å². The Balaban J connectivity index is 1.84. The van der Waals surface area contributed by atoms with Gasteiger partial charge in [0.05, 0.1) is 6.61 Å². The van der Waals surface area contributed by atoms with E-state index in [1.165, 1.54) is 12.1 Å². The lowest BCUT2D eigenvalue weighted by atomic mass is 9.97. The van der Waals surface area contributed by atoms with Crippen molar-refractivity contribution < 1.29 is 42.4 Å². The van der Waals surface area contributed by atoms with Crippen molar-refractivity contribution in [1.29, 1.82) is 0 Å². The molecule has 0 radical (unpaired) electrons. The zero-order valence-electron chi connectivity index (χ0n) is 27.9. The molecule has 1 aliphatic rings. The van der Waals surface area contributed by atoms with Gasteiger partial charge in [0.2, 0.25) is 7.37 Å². The van der Waals surface area contributed by atoms with Crippen molar-refractivity contribution in [3.05, 3.63) is 54.1 Å². The molecule has 1 unspecified atom stereocenters. The van der Waals surface area contributed by atoms with E-state index in [1.807, 2.05) is 4.90 Å². The summed E-state index contributed by atoms with van der Waals surface area (Å²) in [6.45, 7) is 12.3. The number of aliphatic carboxylic acids is 1. The van der Waals surface area contributed by atoms with Crippen LogP contribution in [-0.4, -0.2) is 86.8 Å². The quantitative estimate of drug-likeness (QED) is 0.194. The topological polar surface area (TPSA) is 136 Å². The Labute approximate surface area is 270 Å². The van der Waals surface area contributed by atoms with E-state index in [1.54, 1.807) is 79.1 Å². The van der Waals surface area contributed by atoms with Crippen LogP contribution in [0.4, 0.5) is 14.0 Å². The van der Waals surface area contributed by atoms with Crippen molar-refractivity contribution in [2.24, 2.45) is 0 Å². The summed E-state index contributed by atoms with van der Waals surface area (Å²) in [4.78, 5) is 45.7. The van der Waals surface area contributed by atoms with E-state index in [4.69, 9.17) is 14.0 Å². The molecule has 0 bridgehead atoms. The maximum atomic E-state index is 14.3. The fourth-order valence-corrected chi connectivity index (χ4v) is 8.42. The molecule has 2 atom stereocenters. The summed E-state index contributed by atoms with van der Waals surface area (Å²) in [6, 6.07) is 8.02. The molecule has 3 rings (SSSR count). The SMILES string of the molecule is CCOP1(=O)CCN(Cc2ccc(F)cc2-c2ccncc2)C[C@@]1(CCCCN(C(=O)OC(C)(C)C)C(=O)OC(C)(C)C)C(=O)O. The number of unbranched alkanes of at least 4 members (excludes halogenated alkanes) is 1. The average molecular weight is 664 g/mol. The summed E-state index contributed by atoms with van der Waals surface area (Å²) in [5.41, 5.74) is 0.492. The van der Waals surface area contributed by atoms with Gasteiger partial charge < -0.3 is 19.1 Å². The minimum atomic E-state index is -3.69. The number of imide groups is 1. The first-order valence-electron chi connectivity index (χ1n) is 15.5. The molecule has 1 fully saturated rings. The summed E-state index contributed by atoms with van der Waals surface area (Å²) in [5.74, 6) is -1.64. The number of aromatic nitrogens is 1. The highest BCUT2D eigenvalue weighted by atomic mass is 31.2. The Bertz CT molecular complexity index is 1400. The van der Waals surface area contributed by atoms with Crippen LogP contribution in [0.2, 0.25) is 0 Å². The molecule has 1 N–H and O–H groups in total. The number of rotatable bonds is 11. The predicted molar refractivity (Wildman–Crippen MR) is 172 cm³/mol. The fourth-order valence-electron chi connectivity index (χ4n) is 5.45. The van der Waals surface area contributed by atoms with Crippen LogP contribution in [0.5, 0.6) is 0 Å². The Morgan fingerprint density at radius 2 is 1.63 bits per heavy atom. The van der Waals surface area contributed by atoms with E-state index < -0.39 is 47.7 Å². The highest BCUT2D eigenvalue weighted by molar-refractivity contribution is 7.62. The molecule has 254 valence electrons. The lowest BCUT2D eigenvalue weighted by molar-refractivity contribution is -0.141. The maximum absolute atomic E-state index is 14.3. The number of hydrogen-bond donors (Lipinski definition) is 1. The van der Waals surface area contributed by atoms with E-state index in [0.717, 1.165) is 16.0 Å². The molecule has 2 heterocycles. The van der Waals surface area contributed by atoms with Crippen LogP contribution in [0.15, 0.2) is 42.7 Å². The average Bonchev–Trinajstić information content (AvgIpc) is 2.94. The number of nitrogens with zero attached hydrogens (tertiary/aromatic N) is 3. The van der Waals surface area contributed by atoms with Crippen LogP contribution in [0.3, 0.4) is 0 Å². The van der Waals surface area contributed by atoms with Gasteiger partial charge in [-0.15, -0.1) is 0 Å². The molecular weight excluding hydrogens is 616 g/mol. The van der Waals surface area contributed by atoms with E-state index in [9.17, 15) is 28.4 Å². The molecule has 1 saturated heterocycles. The number of pyridine rings is 1. The Morgan fingerprint density at radius 1 is 1.02 bits per heavy atom. The van der Waals surface area contributed by atoms with Gasteiger partial charge in [-0.2, -0.15) is 0 Å². The highest BCUT2D eigenvalue weighted by Gasteiger charge is 2.58. The Hall–Kier alpha value is -3.34. The second kappa shape index (κ2) is 15.0. The van der Waals surface area contributed by atoms with E-state index in [-0.39, 0.29) is 45.1 Å². The molecule has 2 aromatic rings. The van der Waals surface area contributed by atoms with Crippen LogP contribution in [0.1, 0.15) is 73.3 Å². The molecule has 0 spiro atoms. The van der Waals surface area contributed by atoms with Crippen molar-refractivity contribution in [2.75, 3.05) is 32.4 Å². The third kappa shape index (κ3) is 9.59. The minimum absolute atomic E-state index is 0.0206. The van der Waals surface area contributed by atoms with Crippen molar-refractivity contribution in [3.63, 3.8) is 0 Å². The van der Waals surface area contributed by atoms with Gasteiger partial charge in [-0.05, 0) is 109 Å². The number of halogens is 1. The number of carbonyl (C=O) groups excluding carboxylic acids is 2. The van der Waals surface area contributed by atoms with Gasteiger partial charge in [-0.3, -0.25) is 19.2 Å². The lowest BCUT2D eigenvalue weighted by Gasteiger charge is -2.45. The van der Waals surface area contributed by atoms with Crippen LogP contribution in [-0.2, 0) is 29.9 Å². The predicted octanol–water partition coefficient (Wildman–Crippen LogP) is 7.18. The molecule has 13 heteroatoms. The number of carboxylic acid groups (broad SMARTS) is 1. The number of carbonyl (C=O) groups is 3. The first-order valence-corrected chi connectivity index (χ1v) is 17.3. The van der Waals surface area contributed by atoms with Gasteiger partial charge in [0.15, 0.2) is 5.16 Å². The van der Waals surface area contributed by atoms with Crippen molar-refractivity contribution in [3.8, 4) is 11.1 Å². The summed E-state index contributed by atoms with van der Waals surface area (Å²) < 4.78 is 45.2. The molecule has 2 amide bonds. The number of benzene rings is 1. The third-order valence-electron chi connectivity index (χ3n) is 7.49. The third-order valence-corrected chi connectivity index (χ3v) is 10.8. The molecule has 11 nitrogen and oxygen atoms in total. The first kappa shape index (κ1) is 37.1. The number of ether oxygens (including phenoxy) is 2. The maximum Gasteiger partial charge on any atom is 0.419 e. The molecular formula is C33H47FN3O8P. The standard InChI is InChI=1S/C33H47FN3O8P/c1-8-43-46(42)20-19-36(22-25-11-12-26(34)21-27(25)24-13-16-35-17-14-24)23-33(46,28(38)39)15-9-10-18-37(29(40)44-31(2,3)4)30(41)45-32(5,6)7/h11-14,16-17,21H,8-10,15,18-20,22-23H2,1-7H3,(H,38,39)/t33-,46?/m0/s1. The summed E-state index contributed by atoms with van der Waals surface area (Å²) in [7, 11) is -3.69. The van der Waals surface area contributed by atoms with Crippen LogP contribution >= 0.6 is 7.37 Å². The Morgan fingerprint density at radius 3 is 2.17 bits per heavy atom. The molecule has 0 saturated carbocycles. The monoisotopic (exact) mass is 663 g/mol. The second-order valence-corrected chi connectivity index (χ2v) is 16.4. The zero-order chi connectivity index (χ0) is 34.3. The zero-order valence-corrected chi connectivity index (χ0v) is 28.8. The smallest absolute Gasteiger partial charge is 0.419 e. The van der Waals surface area contributed by atoms with Crippen molar-refractivity contribution >= 4 is 25.5 Å². The molecule has 1 aromatic heterocycles. The highest BCUT2D eigenvalue weighted by Crippen LogP contribution is 2.63. The summed E-state index contributed by atoms with van der Waals surface area (Å²) >= 11 is 0.